The van der Waals surface area contributed by atoms with Gasteiger partial charge >= 0.3 is 0 Å². The molecule has 1 aromatic carbocycles. The van der Waals surface area contributed by atoms with Crippen LogP contribution in [0.1, 0.15) is 17.5 Å². The van der Waals surface area contributed by atoms with E-state index in [-0.39, 0.29) is 0 Å². The van der Waals surface area contributed by atoms with Gasteiger partial charge in [0.15, 0.2) is 0 Å². The van der Waals surface area contributed by atoms with Gasteiger partial charge in [-0.3, -0.25) is 0 Å². The lowest BCUT2D eigenvalue weighted by Crippen LogP contribution is -2.00. The zero-order chi connectivity index (χ0) is 10.6. The Bertz CT molecular complexity index is 331. The van der Waals surface area contributed by atoms with E-state index < -0.39 is 0 Å². The van der Waals surface area contributed by atoms with Crippen LogP contribution in [0.25, 0.3) is 5.57 Å². The van der Waals surface area contributed by atoms with Crippen LogP contribution in [0.3, 0.4) is 0 Å². The van der Waals surface area contributed by atoms with Crippen molar-refractivity contribution in [3.8, 4) is 5.75 Å². The van der Waals surface area contributed by atoms with Gasteiger partial charge in [0.25, 0.3) is 0 Å². The second-order valence-electron chi connectivity index (χ2n) is 3.35. The smallest absolute Gasteiger partial charge is 0.126 e. The minimum atomic E-state index is 0.621. The van der Waals surface area contributed by atoms with E-state index in [0.717, 1.165) is 23.3 Å². The van der Waals surface area contributed by atoms with E-state index in [1.807, 2.05) is 12.1 Å². The fourth-order valence-electron chi connectivity index (χ4n) is 1.41. The predicted octanol–water partition coefficient (Wildman–Crippen LogP) is 2.37. The van der Waals surface area contributed by atoms with Crippen molar-refractivity contribution < 1.29 is 4.74 Å². The second-order valence-corrected chi connectivity index (χ2v) is 3.35. The molecule has 0 radical (unpaired) electrons. The van der Waals surface area contributed by atoms with Crippen LogP contribution in [0.2, 0.25) is 0 Å². The third-order valence-electron chi connectivity index (χ3n) is 2.18. The zero-order valence-corrected chi connectivity index (χ0v) is 8.84. The summed E-state index contributed by atoms with van der Waals surface area (Å²) >= 11 is 0. The van der Waals surface area contributed by atoms with Gasteiger partial charge in [-0.2, -0.15) is 0 Å². The maximum absolute atomic E-state index is 5.49. The van der Waals surface area contributed by atoms with Crippen molar-refractivity contribution in [2.75, 3.05) is 13.7 Å². The number of hydrogen-bond acceptors (Lipinski definition) is 2. The summed E-state index contributed by atoms with van der Waals surface area (Å²) in [5.74, 6) is 0.869. The summed E-state index contributed by atoms with van der Waals surface area (Å²) in [5.41, 5.74) is 8.80. The highest BCUT2D eigenvalue weighted by Crippen LogP contribution is 2.27. The molecular weight excluding hydrogens is 174 g/mol. The number of rotatable bonds is 4. The van der Waals surface area contributed by atoms with Crippen molar-refractivity contribution in [1.82, 2.24) is 0 Å². The van der Waals surface area contributed by atoms with Crippen molar-refractivity contribution >= 4 is 5.57 Å². The average Bonchev–Trinajstić information content (AvgIpc) is 2.18. The number of methoxy groups -OCH3 is 1. The first kappa shape index (κ1) is 10.8. The van der Waals surface area contributed by atoms with Crippen molar-refractivity contribution in [2.24, 2.45) is 5.73 Å². The van der Waals surface area contributed by atoms with E-state index in [1.165, 1.54) is 5.56 Å². The summed E-state index contributed by atoms with van der Waals surface area (Å²) in [6, 6.07) is 6.07. The Hall–Kier alpha value is -1.28. The van der Waals surface area contributed by atoms with E-state index in [2.05, 4.69) is 19.6 Å². The molecule has 0 saturated carbocycles. The Morgan fingerprint density at radius 1 is 1.50 bits per heavy atom. The highest BCUT2D eigenvalue weighted by atomic mass is 16.5. The van der Waals surface area contributed by atoms with E-state index in [9.17, 15) is 0 Å². The molecule has 0 bridgehead atoms. The molecule has 0 saturated heterocycles. The van der Waals surface area contributed by atoms with Gasteiger partial charge in [0.05, 0.1) is 7.11 Å². The maximum atomic E-state index is 5.49. The molecule has 0 spiro atoms. The largest absolute Gasteiger partial charge is 0.496 e. The van der Waals surface area contributed by atoms with Crippen LogP contribution in [0, 0.1) is 6.92 Å². The lowest BCUT2D eigenvalue weighted by Gasteiger charge is -2.11. The Morgan fingerprint density at radius 2 is 2.21 bits per heavy atom. The van der Waals surface area contributed by atoms with Crippen LogP contribution in [0.5, 0.6) is 5.75 Å². The first-order valence-electron chi connectivity index (χ1n) is 4.72. The lowest BCUT2D eigenvalue weighted by molar-refractivity contribution is 0.413. The predicted molar refractivity (Wildman–Crippen MR) is 60.4 cm³/mol. The monoisotopic (exact) mass is 191 g/mol. The Labute approximate surface area is 85.4 Å². The van der Waals surface area contributed by atoms with Crippen LogP contribution in [0.4, 0.5) is 0 Å². The molecule has 0 aliphatic carbocycles. The molecule has 2 nitrogen and oxygen atoms in total. The third-order valence-corrected chi connectivity index (χ3v) is 2.18. The standard InChI is InChI=1S/C12H17NO/c1-9-4-5-12(14-3)11(8-9)10(2)6-7-13/h4-5,8H,2,6-7,13H2,1,3H3. The lowest BCUT2D eigenvalue weighted by atomic mass is 10.0. The summed E-state index contributed by atoms with van der Waals surface area (Å²) in [4.78, 5) is 0. The fraction of sp³-hybridized carbons (Fsp3) is 0.333. The number of nitrogens with two attached hydrogens (primary N) is 1. The van der Waals surface area contributed by atoms with Gasteiger partial charge in [-0.15, -0.1) is 0 Å². The summed E-state index contributed by atoms with van der Waals surface area (Å²) in [5, 5.41) is 0. The minimum Gasteiger partial charge on any atom is -0.496 e. The molecule has 1 aromatic rings. The second kappa shape index (κ2) is 4.82. The summed E-state index contributed by atoms with van der Waals surface area (Å²) < 4.78 is 5.27. The fourth-order valence-corrected chi connectivity index (χ4v) is 1.41. The molecule has 0 unspecified atom stereocenters. The van der Waals surface area contributed by atoms with Crippen molar-refractivity contribution in [3.05, 3.63) is 35.9 Å². The van der Waals surface area contributed by atoms with E-state index in [0.29, 0.717) is 6.54 Å². The van der Waals surface area contributed by atoms with Crippen molar-refractivity contribution in [3.63, 3.8) is 0 Å². The SMILES string of the molecule is C=C(CCN)c1cc(C)ccc1OC. The van der Waals surface area contributed by atoms with Crippen LogP contribution in [-0.4, -0.2) is 13.7 Å². The van der Waals surface area contributed by atoms with Gasteiger partial charge < -0.3 is 10.5 Å². The van der Waals surface area contributed by atoms with Crippen molar-refractivity contribution in [1.29, 1.82) is 0 Å². The summed E-state index contributed by atoms with van der Waals surface area (Å²) in [6.45, 7) is 6.68. The minimum absolute atomic E-state index is 0.621. The maximum Gasteiger partial charge on any atom is 0.126 e. The van der Waals surface area contributed by atoms with E-state index in [1.54, 1.807) is 7.11 Å². The Kier molecular flexibility index (Phi) is 3.72. The van der Waals surface area contributed by atoms with Crippen LogP contribution in [0.15, 0.2) is 24.8 Å². The number of aryl methyl sites for hydroxylation is 1. The van der Waals surface area contributed by atoms with Crippen LogP contribution >= 0.6 is 0 Å². The quantitative estimate of drug-likeness (QED) is 0.793. The number of ether oxygens (including phenoxy) is 1. The molecule has 0 atom stereocenters. The van der Waals surface area contributed by atoms with E-state index in [4.69, 9.17) is 10.5 Å². The molecule has 0 aliphatic heterocycles. The van der Waals surface area contributed by atoms with Crippen LogP contribution < -0.4 is 10.5 Å². The summed E-state index contributed by atoms with van der Waals surface area (Å²) in [6.07, 6.45) is 0.805. The van der Waals surface area contributed by atoms with Gasteiger partial charge in [-0.05, 0) is 37.6 Å². The number of benzene rings is 1. The first-order valence-corrected chi connectivity index (χ1v) is 4.72. The molecule has 1 rings (SSSR count). The Morgan fingerprint density at radius 3 is 2.79 bits per heavy atom. The molecule has 0 aromatic heterocycles. The van der Waals surface area contributed by atoms with Crippen LogP contribution in [-0.2, 0) is 0 Å². The van der Waals surface area contributed by atoms with Crippen molar-refractivity contribution in [2.45, 2.75) is 13.3 Å². The zero-order valence-electron chi connectivity index (χ0n) is 8.84. The average molecular weight is 191 g/mol. The number of hydrogen-bond donors (Lipinski definition) is 1. The van der Waals surface area contributed by atoms with Gasteiger partial charge in [0.1, 0.15) is 5.75 Å². The molecular formula is C12H17NO. The third kappa shape index (κ3) is 2.36. The first-order chi connectivity index (χ1) is 6.69. The molecule has 14 heavy (non-hydrogen) atoms. The molecule has 0 amide bonds. The molecule has 0 aliphatic rings. The highest BCUT2D eigenvalue weighted by molar-refractivity contribution is 5.69. The van der Waals surface area contributed by atoms with Gasteiger partial charge in [0, 0.05) is 5.56 Å². The molecule has 0 fully saturated rings. The normalized spacial score (nSPS) is 9.93. The van der Waals surface area contributed by atoms with Gasteiger partial charge in [-0.1, -0.05) is 18.2 Å². The molecule has 2 heteroatoms. The topological polar surface area (TPSA) is 35.2 Å². The summed E-state index contributed by atoms with van der Waals surface area (Å²) in [7, 11) is 1.67. The molecule has 76 valence electrons. The Balaban J connectivity index is 3.03. The van der Waals surface area contributed by atoms with Gasteiger partial charge in [0.2, 0.25) is 0 Å². The molecule has 2 N–H and O–H groups in total. The van der Waals surface area contributed by atoms with Gasteiger partial charge in [-0.25, -0.2) is 0 Å². The van der Waals surface area contributed by atoms with E-state index >= 15 is 0 Å². The molecule has 0 heterocycles. The highest BCUT2D eigenvalue weighted by Gasteiger charge is 2.05.